The molecule has 6 nitrogen and oxygen atoms in total. The fourth-order valence-electron chi connectivity index (χ4n) is 2.57. The van der Waals surface area contributed by atoms with Gasteiger partial charge in [0.05, 0.1) is 13.7 Å². The minimum atomic E-state index is -0.0946. The van der Waals surface area contributed by atoms with E-state index in [4.69, 9.17) is 9.47 Å². The van der Waals surface area contributed by atoms with Gasteiger partial charge in [-0.2, -0.15) is 0 Å². The molecule has 27 heavy (non-hydrogen) atoms. The van der Waals surface area contributed by atoms with E-state index in [1.165, 1.54) is 0 Å². The number of benzene rings is 2. The number of phenolic OH excluding ortho intramolecular Hbond substituents is 1. The first kappa shape index (κ1) is 20.4. The van der Waals surface area contributed by atoms with E-state index in [9.17, 15) is 5.11 Å². The molecule has 0 heterocycles. The number of hydrogen-bond acceptors (Lipinski definition) is 4. The minimum Gasteiger partial charge on any atom is -0.508 e. The molecular formula is C21H29N3O3. The molecule has 1 unspecified atom stereocenters. The highest BCUT2D eigenvalue weighted by Crippen LogP contribution is 2.26. The number of ether oxygens (including phenoxy) is 2. The summed E-state index contributed by atoms with van der Waals surface area (Å²) in [6.07, 6.45) is 0.703. The van der Waals surface area contributed by atoms with Crippen molar-refractivity contribution in [3.05, 3.63) is 54.1 Å². The maximum Gasteiger partial charge on any atom is 0.191 e. The van der Waals surface area contributed by atoms with Crippen LogP contribution in [0.15, 0.2) is 53.5 Å². The third-order valence-corrected chi connectivity index (χ3v) is 3.86. The molecule has 2 aromatic carbocycles. The van der Waals surface area contributed by atoms with Gasteiger partial charge in [0.15, 0.2) is 17.5 Å². The van der Waals surface area contributed by atoms with Crippen LogP contribution < -0.4 is 20.1 Å². The zero-order valence-electron chi connectivity index (χ0n) is 16.2. The largest absolute Gasteiger partial charge is 0.508 e. The van der Waals surface area contributed by atoms with Crippen LogP contribution >= 0.6 is 0 Å². The summed E-state index contributed by atoms with van der Waals surface area (Å²) in [6.45, 7) is 6.02. The predicted octanol–water partition coefficient (Wildman–Crippen LogP) is 2.97. The summed E-state index contributed by atoms with van der Waals surface area (Å²) in [6, 6.07) is 14.9. The Morgan fingerprint density at radius 3 is 2.59 bits per heavy atom. The normalized spacial score (nSPS) is 12.3. The van der Waals surface area contributed by atoms with Gasteiger partial charge in [-0.05, 0) is 50.1 Å². The Morgan fingerprint density at radius 2 is 1.89 bits per heavy atom. The zero-order valence-corrected chi connectivity index (χ0v) is 16.2. The van der Waals surface area contributed by atoms with Crippen LogP contribution in [0.1, 0.15) is 19.4 Å². The number of aromatic hydroxyl groups is 1. The van der Waals surface area contributed by atoms with Gasteiger partial charge in [-0.25, -0.2) is 4.99 Å². The molecule has 0 amide bonds. The number of guanidine groups is 1. The van der Waals surface area contributed by atoms with E-state index >= 15 is 0 Å². The third-order valence-electron chi connectivity index (χ3n) is 3.86. The first-order valence-corrected chi connectivity index (χ1v) is 9.22. The predicted molar refractivity (Wildman–Crippen MR) is 109 cm³/mol. The lowest BCUT2D eigenvalue weighted by molar-refractivity contribution is 0.219. The Bertz CT molecular complexity index is 734. The summed E-state index contributed by atoms with van der Waals surface area (Å²) < 4.78 is 11.2. The molecular weight excluding hydrogens is 342 g/mol. The van der Waals surface area contributed by atoms with Crippen LogP contribution in [0.5, 0.6) is 17.2 Å². The molecule has 3 N–H and O–H groups in total. The van der Waals surface area contributed by atoms with Crippen molar-refractivity contribution in [3.8, 4) is 17.2 Å². The van der Waals surface area contributed by atoms with Crippen LogP contribution in [0, 0.1) is 0 Å². The summed E-state index contributed by atoms with van der Waals surface area (Å²) in [5.41, 5.74) is 1.08. The molecule has 2 aromatic rings. The van der Waals surface area contributed by atoms with E-state index in [0.717, 1.165) is 31.0 Å². The fourth-order valence-corrected chi connectivity index (χ4v) is 2.57. The fraction of sp³-hybridized carbons (Fsp3) is 0.381. The summed E-state index contributed by atoms with van der Waals surface area (Å²) in [5.74, 6) is 2.46. The number of hydrogen-bond donors (Lipinski definition) is 3. The van der Waals surface area contributed by atoms with Gasteiger partial charge >= 0.3 is 0 Å². The highest BCUT2D eigenvalue weighted by atomic mass is 16.5. The smallest absolute Gasteiger partial charge is 0.191 e. The van der Waals surface area contributed by atoms with Gasteiger partial charge in [-0.1, -0.05) is 24.3 Å². The monoisotopic (exact) mass is 371 g/mol. The Morgan fingerprint density at radius 1 is 1.11 bits per heavy atom. The molecule has 0 spiro atoms. The maximum atomic E-state index is 9.53. The van der Waals surface area contributed by atoms with Crippen LogP contribution in [-0.2, 0) is 6.42 Å². The second-order valence-corrected chi connectivity index (χ2v) is 6.15. The summed E-state index contributed by atoms with van der Waals surface area (Å²) in [4.78, 5) is 4.59. The van der Waals surface area contributed by atoms with Gasteiger partial charge in [0.2, 0.25) is 0 Å². The van der Waals surface area contributed by atoms with E-state index in [1.54, 1.807) is 19.2 Å². The van der Waals surface area contributed by atoms with Crippen LogP contribution in [-0.4, -0.2) is 43.9 Å². The average molecular weight is 371 g/mol. The third kappa shape index (κ3) is 7.09. The van der Waals surface area contributed by atoms with Crippen molar-refractivity contribution < 1.29 is 14.6 Å². The Labute approximate surface area is 161 Å². The zero-order chi connectivity index (χ0) is 19.5. The number of nitrogens with zero attached hydrogens (tertiary/aromatic N) is 1. The van der Waals surface area contributed by atoms with Gasteiger partial charge in [-0.3, -0.25) is 0 Å². The van der Waals surface area contributed by atoms with Crippen molar-refractivity contribution in [2.75, 3.05) is 26.7 Å². The lowest BCUT2D eigenvalue weighted by Gasteiger charge is -2.16. The van der Waals surface area contributed by atoms with E-state index in [1.807, 2.05) is 50.2 Å². The van der Waals surface area contributed by atoms with Crippen molar-refractivity contribution >= 4 is 5.96 Å². The summed E-state index contributed by atoms with van der Waals surface area (Å²) >= 11 is 0. The Hall–Kier alpha value is -2.89. The first-order valence-electron chi connectivity index (χ1n) is 9.22. The highest BCUT2D eigenvalue weighted by molar-refractivity contribution is 5.79. The molecule has 146 valence electrons. The molecule has 0 aliphatic carbocycles. The number of rotatable bonds is 9. The number of phenols is 1. The lowest BCUT2D eigenvalue weighted by Crippen LogP contribution is -2.39. The Balaban J connectivity index is 1.86. The summed E-state index contributed by atoms with van der Waals surface area (Å²) in [7, 11) is 1.63. The SMILES string of the molecule is CCNC(=NCC(C)Oc1ccccc1OC)NCCc1cccc(O)c1. The first-order chi connectivity index (χ1) is 13.1. The van der Waals surface area contributed by atoms with Crippen molar-refractivity contribution in [1.82, 2.24) is 10.6 Å². The number of nitrogens with one attached hydrogen (secondary N) is 2. The number of para-hydroxylation sites is 2. The second kappa shape index (κ2) is 11.0. The topological polar surface area (TPSA) is 75.1 Å². The number of methoxy groups -OCH3 is 1. The number of aliphatic imine (C=N–C) groups is 1. The molecule has 0 saturated carbocycles. The van der Waals surface area contributed by atoms with Gasteiger partial charge in [-0.15, -0.1) is 0 Å². The lowest BCUT2D eigenvalue weighted by atomic mass is 10.1. The van der Waals surface area contributed by atoms with Crippen LogP contribution in [0.3, 0.4) is 0 Å². The molecule has 1 atom stereocenters. The maximum absolute atomic E-state index is 9.53. The molecule has 0 bridgehead atoms. The van der Waals surface area contributed by atoms with Crippen molar-refractivity contribution in [2.24, 2.45) is 4.99 Å². The van der Waals surface area contributed by atoms with Crippen LogP contribution in [0.4, 0.5) is 0 Å². The van der Waals surface area contributed by atoms with E-state index in [-0.39, 0.29) is 11.9 Å². The van der Waals surface area contributed by atoms with E-state index < -0.39 is 0 Å². The molecule has 0 fully saturated rings. The van der Waals surface area contributed by atoms with Crippen LogP contribution in [0.25, 0.3) is 0 Å². The van der Waals surface area contributed by atoms with Gasteiger partial charge in [0.25, 0.3) is 0 Å². The molecule has 0 aromatic heterocycles. The highest BCUT2D eigenvalue weighted by Gasteiger charge is 2.08. The van der Waals surface area contributed by atoms with Gasteiger partial charge in [0, 0.05) is 13.1 Å². The van der Waals surface area contributed by atoms with Crippen LogP contribution in [0.2, 0.25) is 0 Å². The van der Waals surface area contributed by atoms with Crippen molar-refractivity contribution in [3.63, 3.8) is 0 Å². The molecule has 0 aliphatic heterocycles. The second-order valence-electron chi connectivity index (χ2n) is 6.15. The van der Waals surface area contributed by atoms with Gasteiger partial charge < -0.3 is 25.2 Å². The average Bonchev–Trinajstić information content (AvgIpc) is 2.66. The molecule has 0 radical (unpaired) electrons. The standard InChI is InChI=1S/C21H29N3O3/c1-4-22-21(23-13-12-17-8-7-9-18(25)14-17)24-15-16(2)27-20-11-6-5-10-19(20)26-3/h5-11,14,16,25H,4,12-13,15H2,1-3H3,(H2,22,23,24). The molecule has 6 heteroatoms. The molecule has 0 aliphatic rings. The quantitative estimate of drug-likeness (QED) is 0.467. The minimum absolute atomic E-state index is 0.0946. The summed E-state index contributed by atoms with van der Waals surface area (Å²) in [5, 5.41) is 16.1. The molecule has 0 saturated heterocycles. The van der Waals surface area contributed by atoms with Gasteiger partial charge in [0.1, 0.15) is 11.9 Å². The molecule has 2 rings (SSSR count). The van der Waals surface area contributed by atoms with Crippen molar-refractivity contribution in [2.45, 2.75) is 26.4 Å². The van der Waals surface area contributed by atoms with E-state index in [2.05, 4.69) is 15.6 Å². The Kier molecular flexibility index (Phi) is 8.29. The van der Waals surface area contributed by atoms with Crippen molar-refractivity contribution in [1.29, 1.82) is 0 Å². The van der Waals surface area contributed by atoms with E-state index in [0.29, 0.717) is 18.0 Å².